The van der Waals surface area contributed by atoms with E-state index in [1.54, 1.807) is 15.9 Å². The molecule has 0 spiro atoms. The van der Waals surface area contributed by atoms with E-state index in [0.717, 1.165) is 24.1 Å². The minimum atomic E-state index is -0.401. The average molecular weight is 301 g/mol. The molecule has 2 amide bonds. The highest BCUT2D eigenvalue weighted by Gasteiger charge is 2.21. The molecule has 1 saturated heterocycles. The van der Waals surface area contributed by atoms with E-state index >= 15 is 0 Å². The molecule has 0 saturated carbocycles. The first-order chi connectivity index (χ1) is 10.7. The number of rotatable bonds is 3. The van der Waals surface area contributed by atoms with Gasteiger partial charge >= 0.3 is 6.03 Å². The first-order valence-corrected chi connectivity index (χ1v) is 7.37. The fraction of sp³-hybridized carbons (Fsp3) is 0.400. The van der Waals surface area contributed by atoms with Crippen LogP contribution in [0.25, 0.3) is 5.69 Å². The number of piperidine rings is 1. The van der Waals surface area contributed by atoms with E-state index < -0.39 is 6.10 Å². The molecule has 0 aliphatic carbocycles. The topological polar surface area (TPSA) is 83.3 Å². The van der Waals surface area contributed by atoms with Crippen molar-refractivity contribution in [3.8, 4) is 5.69 Å². The Morgan fingerprint density at radius 2 is 2.18 bits per heavy atom. The zero-order valence-corrected chi connectivity index (χ0v) is 12.2. The van der Waals surface area contributed by atoms with Crippen LogP contribution in [0.15, 0.2) is 36.9 Å². The number of nitrogens with one attached hydrogen (secondary N) is 1. The van der Waals surface area contributed by atoms with Crippen LogP contribution < -0.4 is 5.32 Å². The first-order valence-electron chi connectivity index (χ1n) is 7.37. The van der Waals surface area contributed by atoms with Crippen molar-refractivity contribution in [2.24, 2.45) is 0 Å². The highest BCUT2D eigenvalue weighted by molar-refractivity contribution is 5.74. The number of nitrogens with zero attached hydrogens (tertiary/aromatic N) is 4. The lowest BCUT2D eigenvalue weighted by Crippen LogP contribution is -2.46. The van der Waals surface area contributed by atoms with Crippen LogP contribution in [0, 0.1) is 0 Å². The molecular weight excluding hydrogens is 282 g/mol. The van der Waals surface area contributed by atoms with Gasteiger partial charge in [0, 0.05) is 19.6 Å². The van der Waals surface area contributed by atoms with Crippen LogP contribution in [0.5, 0.6) is 0 Å². The number of aromatic nitrogens is 3. The Kier molecular flexibility index (Phi) is 4.34. The molecule has 1 unspecified atom stereocenters. The summed E-state index contributed by atoms with van der Waals surface area (Å²) in [6.07, 6.45) is 4.34. The zero-order valence-electron chi connectivity index (χ0n) is 12.2. The number of hydrogen-bond donors (Lipinski definition) is 2. The van der Waals surface area contributed by atoms with E-state index in [0.29, 0.717) is 19.6 Å². The summed E-state index contributed by atoms with van der Waals surface area (Å²) in [4.78, 5) is 17.6. The fourth-order valence-electron chi connectivity index (χ4n) is 2.54. The number of urea groups is 1. The predicted molar refractivity (Wildman–Crippen MR) is 80.4 cm³/mol. The standard InChI is InChI=1S/C15H19N5O2/c21-14-2-1-7-19(9-14)15(22)17-8-12-3-5-13(6-4-12)20-11-16-10-18-20/h3-6,10-11,14,21H,1-2,7-9H2,(H,17,22). The third kappa shape index (κ3) is 3.43. The van der Waals surface area contributed by atoms with Crippen molar-refractivity contribution in [2.75, 3.05) is 13.1 Å². The van der Waals surface area contributed by atoms with Crippen molar-refractivity contribution < 1.29 is 9.90 Å². The van der Waals surface area contributed by atoms with Gasteiger partial charge in [0.15, 0.2) is 0 Å². The number of aliphatic hydroxyl groups excluding tert-OH is 1. The van der Waals surface area contributed by atoms with Gasteiger partial charge in [-0.2, -0.15) is 5.10 Å². The van der Waals surface area contributed by atoms with Crippen LogP contribution in [0.2, 0.25) is 0 Å². The van der Waals surface area contributed by atoms with Crippen molar-refractivity contribution in [1.82, 2.24) is 25.0 Å². The lowest BCUT2D eigenvalue weighted by Gasteiger charge is -2.30. The summed E-state index contributed by atoms with van der Waals surface area (Å²) in [7, 11) is 0. The number of benzene rings is 1. The summed E-state index contributed by atoms with van der Waals surface area (Å²) in [6, 6.07) is 7.63. The molecule has 3 rings (SSSR count). The Morgan fingerprint density at radius 1 is 1.36 bits per heavy atom. The number of hydrogen-bond acceptors (Lipinski definition) is 4. The third-order valence-corrected chi connectivity index (χ3v) is 3.75. The predicted octanol–water partition coefficient (Wildman–Crippen LogP) is 0.934. The molecule has 7 nitrogen and oxygen atoms in total. The maximum absolute atomic E-state index is 12.1. The minimum absolute atomic E-state index is 0.126. The molecule has 1 aromatic carbocycles. The smallest absolute Gasteiger partial charge is 0.317 e. The van der Waals surface area contributed by atoms with Gasteiger partial charge in [-0.3, -0.25) is 0 Å². The summed E-state index contributed by atoms with van der Waals surface area (Å²) in [5.41, 5.74) is 1.93. The summed E-state index contributed by atoms with van der Waals surface area (Å²) >= 11 is 0. The molecule has 7 heteroatoms. The van der Waals surface area contributed by atoms with Gasteiger partial charge in [0.25, 0.3) is 0 Å². The zero-order chi connectivity index (χ0) is 15.4. The van der Waals surface area contributed by atoms with Crippen molar-refractivity contribution in [3.05, 3.63) is 42.5 Å². The lowest BCUT2D eigenvalue weighted by atomic mass is 10.1. The van der Waals surface area contributed by atoms with E-state index in [1.165, 1.54) is 6.33 Å². The molecule has 2 aromatic rings. The van der Waals surface area contributed by atoms with Gasteiger partial charge in [-0.05, 0) is 30.5 Å². The second-order valence-corrected chi connectivity index (χ2v) is 5.41. The highest BCUT2D eigenvalue weighted by Crippen LogP contribution is 2.11. The fourth-order valence-corrected chi connectivity index (χ4v) is 2.54. The monoisotopic (exact) mass is 301 g/mol. The number of likely N-dealkylation sites (tertiary alicyclic amines) is 1. The van der Waals surface area contributed by atoms with Gasteiger partial charge in [0.05, 0.1) is 11.8 Å². The van der Waals surface area contributed by atoms with Crippen molar-refractivity contribution in [2.45, 2.75) is 25.5 Å². The molecule has 1 atom stereocenters. The molecule has 1 fully saturated rings. The molecule has 1 aliphatic heterocycles. The summed E-state index contributed by atoms with van der Waals surface area (Å²) in [5, 5.41) is 16.5. The average Bonchev–Trinajstić information content (AvgIpc) is 3.07. The summed E-state index contributed by atoms with van der Waals surface area (Å²) in [5.74, 6) is 0. The first kappa shape index (κ1) is 14.5. The van der Waals surface area contributed by atoms with E-state index in [9.17, 15) is 9.90 Å². The van der Waals surface area contributed by atoms with Crippen LogP contribution in [0.1, 0.15) is 18.4 Å². The van der Waals surface area contributed by atoms with Gasteiger partial charge in [0.1, 0.15) is 12.7 Å². The van der Waals surface area contributed by atoms with Gasteiger partial charge in [-0.15, -0.1) is 0 Å². The Bertz CT molecular complexity index is 611. The van der Waals surface area contributed by atoms with Crippen LogP contribution in [-0.4, -0.2) is 50.0 Å². The molecule has 22 heavy (non-hydrogen) atoms. The number of carbonyl (C=O) groups is 1. The molecule has 0 bridgehead atoms. The van der Waals surface area contributed by atoms with Crippen LogP contribution in [0.3, 0.4) is 0 Å². The molecule has 1 aromatic heterocycles. The quantitative estimate of drug-likeness (QED) is 0.883. The lowest BCUT2D eigenvalue weighted by molar-refractivity contribution is 0.0842. The summed E-state index contributed by atoms with van der Waals surface area (Å²) in [6.45, 7) is 1.58. The largest absolute Gasteiger partial charge is 0.391 e. The van der Waals surface area contributed by atoms with Gasteiger partial charge in [-0.25, -0.2) is 14.5 Å². The second-order valence-electron chi connectivity index (χ2n) is 5.41. The Labute approximate surface area is 128 Å². The van der Waals surface area contributed by atoms with E-state index in [1.807, 2.05) is 24.3 Å². The third-order valence-electron chi connectivity index (χ3n) is 3.75. The SMILES string of the molecule is O=C(NCc1ccc(-n2cncn2)cc1)N1CCCC(O)C1. The molecule has 1 aliphatic rings. The van der Waals surface area contributed by atoms with Crippen molar-refractivity contribution >= 4 is 6.03 Å². The summed E-state index contributed by atoms with van der Waals surface area (Å²) < 4.78 is 1.68. The molecule has 2 heterocycles. The van der Waals surface area contributed by atoms with Crippen molar-refractivity contribution in [1.29, 1.82) is 0 Å². The Morgan fingerprint density at radius 3 is 2.86 bits per heavy atom. The maximum Gasteiger partial charge on any atom is 0.317 e. The number of amides is 2. The van der Waals surface area contributed by atoms with Gasteiger partial charge < -0.3 is 15.3 Å². The molecule has 116 valence electrons. The van der Waals surface area contributed by atoms with Crippen LogP contribution in [-0.2, 0) is 6.54 Å². The van der Waals surface area contributed by atoms with Crippen molar-refractivity contribution in [3.63, 3.8) is 0 Å². The molecular formula is C15H19N5O2. The normalized spacial score (nSPS) is 18.2. The van der Waals surface area contributed by atoms with Crippen LogP contribution in [0.4, 0.5) is 4.79 Å². The second kappa shape index (κ2) is 6.57. The highest BCUT2D eigenvalue weighted by atomic mass is 16.3. The van der Waals surface area contributed by atoms with Gasteiger partial charge in [-0.1, -0.05) is 12.1 Å². The van der Waals surface area contributed by atoms with E-state index in [4.69, 9.17) is 0 Å². The van der Waals surface area contributed by atoms with E-state index in [2.05, 4.69) is 15.4 Å². The van der Waals surface area contributed by atoms with Gasteiger partial charge in [0.2, 0.25) is 0 Å². The van der Waals surface area contributed by atoms with E-state index in [-0.39, 0.29) is 6.03 Å². The molecule has 2 N–H and O–H groups in total. The number of carbonyl (C=O) groups excluding carboxylic acids is 1. The Balaban J connectivity index is 1.54. The minimum Gasteiger partial charge on any atom is -0.391 e. The maximum atomic E-state index is 12.1. The Hall–Kier alpha value is -2.41. The number of β-amino-alcohol motifs (C(OH)–C–C–N with tert-alkyl or cyclic N) is 1. The molecule has 0 radical (unpaired) electrons. The van der Waals surface area contributed by atoms with Crippen LogP contribution >= 0.6 is 0 Å². The number of aliphatic hydroxyl groups is 1.